The molecule has 2 rings (SSSR count). The molecule has 6 heteroatoms. The number of aliphatic carboxylic acids is 1. The molecule has 1 saturated carbocycles. The fourth-order valence-corrected chi connectivity index (χ4v) is 2.07. The number of amides is 1. The molecule has 1 aliphatic carbocycles. The first kappa shape index (κ1) is 10.4. The standard InChI is InChI=1S/C9H12N2O3S/c12-7(13)4-3-6-8(14)11(5-1-2-5)9(15)10-6/h5-6H,1-4H2,(H,10,15)(H,12,13). The van der Waals surface area contributed by atoms with Crippen molar-refractivity contribution >= 4 is 29.2 Å². The second kappa shape index (κ2) is 3.77. The van der Waals surface area contributed by atoms with Crippen LogP contribution < -0.4 is 5.32 Å². The first-order valence-electron chi connectivity index (χ1n) is 4.95. The number of hydrogen-bond acceptors (Lipinski definition) is 3. The van der Waals surface area contributed by atoms with Crippen LogP contribution in [0, 0.1) is 0 Å². The summed E-state index contributed by atoms with van der Waals surface area (Å²) in [6.45, 7) is 0. The number of nitrogens with zero attached hydrogens (tertiary/aromatic N) is 1. The zero-order valence-corrected chi connectivity index (χ0v) is 8.92. The van der Waals surface area contributed by atoms with Crippen LogP contribution in [0.1, 0.15) is 25.7 Å². The van der Waals surface area contributed by atoms with Crippen molar-refractivity contribution in [3.63, 3.8) is 0 Å². The number of carbonyl (C=O) groups excluding carboxylic acids is 1. The van der Waals surface area contributed by atoms with Crippen LogP contribution in [0.3, 0.4) is 0 Å². The molecule has 2 N–H and O–H groups in total. The maximum atomic E-state index is 11.8. The van der Waals surface area contributed by atoms with E-state index in [4.69, 9.17) is 17.3 Å². The van der Waals surface area contributed by atoms with E-state index in [-0.39, 0.29) is 18.4 Å². The number of carbonyl (C=O) groups is 2. The molecule has 0 radical (unpaired) electrons. The van der Waals surface area contributed by atoms with Gasteiger partial charge in [-0.05, 0) is 31.5 Å². The van der Waals surface area contributed by atoms with Crippen molar-refractivity contribution in [3.8, 4) is 0 Å². The van der Waals surface area contributed by atoms with Gasteiger partial charge in [0.1, 0.15) is 6.04 Å². The Bertz CT molecular complexity index is 327. The fourth-order valence-electron chi connectivity index (χ4n) is 1.69. The van der Waals surface area contributed by atoms with Crippen LogP contribution in [-0.4, -0.2) is 39.1 Å². The lowest BCUT2D eigenvalue weighted by molar-refractivity contribution is -0.137. The molecule has 0 aromatic carbocycles. The van der Waals surface area contributed by atoms with Crippen molar-refractivity contribution in [2.24, 2.45) is 0 Å². The summed E-state index contributed by atoms with van der Waals surface area (Å²) in [4.78, 5) is 23.8. The maximum absolute atomic E-state index is 11.8. The molecule has 82 valence electrons. The normalized spacial score (nSPS) is 25.6. The minimum Gasteiger partial charge on any atom is -0.481 e. The van der Waals surface area contributed by atoms with Crippen molar-refractivity contribution in [3.05, 3.63) is 0 Å². The van der Waals surface area contributed by atoms with Crippen LogP contribution in [0.4, 0.5) is 0 Å². The Kier molecular flexibility index (Phi) is 2.60. The van der Waals surface area contributed by atoms with E-state index in [1.165, 1.54) is 0 Å². The zero-order valence-electron chi connectivity index (χ0n) is 8.10. The number of carboxylic acids is 1. The lowest BCUT2D eigenvalue weighted by atomic mass is 10.1. The summed E-state index contributed by atoms with van der Waals surface area (Å²) in [6, 6.07) is -0.179. The van der Waals surface area contributed by atoms with Gasteiger partial charge in [0.05, 0.1) is 0 Å². The van der Waals surface area contributed by atoms with Gasteiger partial charge in [-0.1, -0.05) is 0 Å². The van der Waals surface area contributed by atoms with Gasteiger partial charge in [-0.2, -0.15) is 0 Å². The molecule has 2 fully saturated rings. The third-order valence-corrected chi connectivity index (χ3v) is 2.93. The zero-order chi connectivity index (χ0) is 11.0. The predicted octanol–water partition coefficient (Wildman–Crippen LogP) is 0.0989. The van der Waals surface area contributed by atoms with Gasteiger partial charge in [0.15, 0.2) is 5.11 Å². The van der Waals surface area contributed by atoms with Gasteiger partial charge in [-0.3, -0.25) is 14.5 Å². The van der Waals surface area contributed by atoms with Crippen LogP contribution in [0.5, 0.6) is 0 Å². The van der Waals surface area contributed by atoms with Crippen molar-refractivity contribution in [1.29, 1.82) is 0 Å². The average molecular weight is 228 g/mol. The van der Waals surface area contributed by atoms with E-state index in [2.05, 4.69) is 5.32 Å². The van der Waals surface area contributed by atoms with E-state index in [0.717, 1.165) is 12.8 Å². The van der Waals surface area contributed by atoms with Crippen molar-refractivity contribution < 1.29 is 14.7 Å². The summed E-state index contributed by atoms with van der Waals surface area (Å²) >= 11 is 5.04. The highest BCUT2D eigenvalue weighted by atomic mass is 32.1. The van der Waals surface area contributed by atoms with E-state index >= 15 is 0 Å². The molecule has 1 heterocycles. The Morgan fingerprint density at radius 3 is 2.80 bits per heavy atom. The molecule has 1 saturated heterocycles. The van der Waals surface area contributed by atoms with Crippen molar-refractivity contribution in [1.82, 2.24) is 10.2 Å². The topological polar surface area (TPSA) is 69.6 Å². The van der Waals surface area contributed by atoms with Crippen molar-refractivity contribution in [2.75, 3.05) is 0 Å². The monoisotopic (exact) mass is 228 g/mol. The second-order valence-electron chi connectivity index (χ2n) is 3.87. The molecule has 5 nitrogen and oxygen atoms in total. The Labute approximate surface area is 92.4 Å². The molecule has 1 aliphatic heterocycles. The summed E-state index contributed by atoms with van der Waals surface area (Å²) in [6.07, 6.45) is 2.29. The Hall–Kier alpha value is -1.17. The Morgan fingerprint density at radius 1 is 1.60 bits per heavy atom. The highest BCUT2D eigenvalue weighted by Crippen LogP contribution is 2.30. The SMILES string of the molecule is O=C(O)CCC1NC(=S)N(C2CC2)C1=O. The predicted molar refractivity (Wildman–Crippen MR) is 56.3 cm³/mol. The van der Waals surface area contributed by atoms with Crippen molar-refractivity contribution in [2.45, 2.75) is 37.8 Å². The summed E-state index contributed by atoms with van der Waals surface area (Å²) in [7, 11) is 0. The van der Waals surface area contributed by atoms with E-state index in [1.54, 1.807) is 4.90 Å². The lowest BCUT2D eigenvalue weighted by Crippen LogP contribution is -2.33. The van der Waals surface area contributed by atoms with Crippen LogP contribution in [0.15, 0.2) is 0 Å². The van der Waals surface area contributed by atoms with E-state index in [9.17, 15) is 9.59 Å². The van der Waals surface area contributed by atoms with Crippen LogP contribution in [0.25, 0.3) is 0 Å². The van der Waals surface area contributed by atoms with Gasteiger partial charge >= 0.3 is 5.97 Å². The largest absolute Gasteiger partial charge is 0.481 e. The van der Waals surface area contributed by atoms with Gasteiger partial charge in [0.2, 0.25) is 0 Å². The molecule has 0 bridgehead atoms. The molecule has 2 aliphatic rings. The maximum Gasteiger partial charge on any atom is 0.303 e. The van der Waals surface area contributed by atoms with Crippen LogP contribution in [0.2, 0.25) is 0 Å². The molecule has 15 heavy (non-hydrogen) atoms. The smallest absolute Gasteiger partial charge is 0.303 e. The fraction of sp³-hybridized carbons (Fsp3) is 0.667. The highest BCUT2D eigenvalue weighted by molar-refractivity contribution is 7.80. The number of carboxylic acid groups (broad SMARTS) is 1. The minimum atomic E-state index is -0.889. The third-order valence-electron chi connectivity index (χ3n) is 2.61. The summed E-state index contributed by atoms with van der Waals surface area (Å²) in [5.41, 5.74) is 0. The highest BCUT2D eigenvalue weighted by Gasteiger charge is 2.43. The summed E-state index contributed by atoms with van der Waals surface area (Å²) < 4.78 is 0. The molecule has 0 aromatic heterocycles. The summed E-state index contributed by atoms with van der Waals surface area (Å²) in [5, 5.41) is 11.9. The lowest BCUT2D eigenvalue weighted by Gasteiger charge is -2.12. The van der Waals surface area contributed by atoms with Gasteiger partial charge < -0.3 is 10.4 Å². The second-order valence-corrected chi connectivity index (χ2v) is 4.26. The Morgan fingerprint density at radius 2 is 2.27 bits per heavy atom. The van der Waals surface area contributed by atoms with Gasteiger partial charge in [0.25, 0.3) is 5.91 Å². The number of hydrogen-bond donors (Lipinski definition) is 2. The molecular formula is C9H12N2O3S. The van der Waals surface area contributed by atoms with Crippen LogP contribution in [-0.2, 0) is 9.59 Å². The van der Waals surface area contributed by atoms with Crippen LogP contribution >= 0.6 is 12.2 Å². The minimum absolute atomic E-state index is 0.00940. The number of nitrogens with one attached hydrogen (secondary N) is 1. The molecule has 0 aromatic rings. The first-order valence-corrected chi connectivity index (χ1v) is 5.36. The molecule has 0 spiro atoms. The van der Waals surface area contributed by atoms with Gasteiger partial charge in [0, 0.05) is 12.5 Å². The molecule has 1 unspecified atom stereocenters. The summed E-state index contributed by atoms with van der Waals surface area (Å²) in [5.74, 6) is -0.954. The van der Waals surface area contributed by atoms with Gasteiger partial charge in [-0.15, -0.1) is 0 Å². The number of rotatable bonds is 4. The Balaban J connectivity index is 1.95. The molecular weight excluding hydrogens is 216 g/mol. The van der Waals surface area contributed by atoms with E-state index in [0.29, 0.717) is 11.5 Å². The average Bonchev–Trinajstić information content (AvgIpc) is 2.92. The third kappa shape index (κ3) is 2.09. The quantitative estimate of drug-likeness (QED) is 0.668. The first-order chi connectivity index (χ1) is 7.09. The molecule has 1 amide bonds. The van der Waals surface area contributed by atoms with E-state index in [1.807, 2.05) is 0 Å². The van der Waals surface area contributed by atoms with E-state index < -0.39 is 12.0 Å². The number of thiocarbonyl (C=S) groups is 1. The molecule has 1 atom stereocenters. The van der Waals surface area contributed by atoms with Gasteiger partial charge in [-0.25, -0.2) is 0 Å².